The van der Waals surface area contributed by atoms with Gasteiger partial charge in [0, 0.05) is 23.7 Å². The minimum absolute atomic E-state index is 0.360. The number of amides is 1. The Morgan fingerprint density at radius 2 is 2.08 bits per heavy atom. The molecule has 0 unspecified atom stereocenters. The Kier molecular flexibility index (Phi) is 5.07. The van der Waals surface area contributed by atoms with E-state index in [0.29, 0.717) is 23.2 Å². The highest BCUT2D eigenvalue weighted by Crippen LogP contribution is 2.33. The maximum atomic E-state index is 11.9. The number of rotatable bonds is 4. The standard InChI is InChI=1S/C19H21ClN2O2/c1-21-10-9-14(12-21)13-22(19(23)24)18-8-3-2-7-17(18)15-5-4-6-16(20)11-15/h2-8,11,14H,9-10,12-13H2,1H3,(H,23,24)/t14-/m0/s1. The number of nitrogens with zero attached hydrogens (tertiary/aromatic N) is 2. The van der Waals surface area contributed by atoms with Gasteiger partial charge in [0.1, 0.15) is 0 Å². The largest absolute Gasteiger partial charge is 0.465 e. The summed E-state index contributed by atoms with van der Waals surface area (Å²) >= 11 is 6.11. The van der Waals surface area contributed by atoms with Crippen LogP contribution in [0.3, 0.4) is 0 Å². The third-order valence-corrected chi connectivity index (χ3v) is 4.73. The zero-order chi connectivity index (χ0) is 17.1. The van der Waals surface area contributed by atoms with Gasteiger partial charge in [0.2, 0.25) is 0 Å². The molecule has 1 fully saturated rings. The maximum absolute atomic E-state index is 11.9. The van der Waals surface area contributed by atoms with Crippen molar-refractivity contribution in [1.82, 2.24) is 4.90 Å². The number of hydrogen-bond acceptors (Lipinski definition) is 2. The van der Waals surface area contributed by atoms with E-state index in [1.165, 1.54) is 4.90 Å². The zero-order valence-electron chi connectivity index (χ0n) is 13.7. The van der Waals surface area contributed by atoms with Gasteiger partial charge in [0.25, 0.3) is 0 Å². The van der Waals surface area contributed by atoms with Crippen molar-refractivity contribution in [2.75, 3.05) is 31.6 Å². The number of carbonyl (C=O) groups is 1. The van der Waals surface area contributed by atoms with E-state index < -0.39 is 6.09 Å². The molecule has 24 heavy (non-hydrogen) atoms. The van der Waals surface area contributed by atoms with Crippen molar-refractivity contribution in [3.63, 3.8) is 0 Å². The molecule has 1 aliphatic rings. The number of carboxylic acid groups (broad SMARTS) is 1. The second-order valence-electron chi connectivity index (χ2n) is 6.34. The van der Waals surface area contributed by atoms with Crippen molar-refractivity contribution >= 4 is 23.4 Å². The lowest BCUT2D eigenvalue weighted by atomic mass is 10.0. The molecular formula is C19H21ClN2O2. The van der Waals surface area contributed by atoms with Crippen LogP contribution in [0.1, 0.15) is 6.42 Å². The summed E-state index contributed by atoms with van der Waals surface area (Å²) in [6.45, 7) is 2.47. The topological polar surface area (TPSA) is 43.8 Å². The fourth-order valence-electron chi connectivity index (χ4n) is 3.32. The molecule has 0 radical (unpaired) electrons. The van der Waals surface area contributed by atoms with Crippen LogP contribution < -0.4 is 4.90 Å². The third-order valence-electron chi connectivity index (χ3n) is 4.49. The van der Waals surface area contributed by atoms with Gasteiger partial charge in [-0.3, -0.25) is 4.90 Å². The lowest BCUT2D eigenvalue weighted by Crippen LogP contribution is -2.35. The molecule has 0 aromatic heterocycles. The van der Waals surface area contributed by atoms with E-state index in [9.17, 15) is 9.90 Å². The molecule has 0 bridgehead atoms. The van der Waals surface area contributed by atoms with Gasteiger partial charge in [0.05, 0.1) is 5.69 Å². The smallest absolute Gasteiger partial charge is 0.411 e. The second-order valence-corrected chi connectivity index (χ2v) is 6.77. The highest BCUT2D eigenvalue weighted by atomic mass is 35.5. The van der Waals surface area contributed by atoms with Crippen LogP contribution in [-0.2, 0) is 0 Å². The van der Waals surface area contributed by atoms with Crippen molar-refractivity contribution in [1.29, 1.82) is 0 Å². The molecule has 4 nitrogen and oxygen atoms in total. The highest BCUT2D eigenvalue weighted by molar-refractivity contribution is 6.30. The van der Waals surface area contributed by atoms with Crippen LogP contribution in [0.2, 0.25) is 5.02 Å². The van der Waals surface area contributed by atoms with Crippen molar-refractivity contribution in [2.24, 2.45) is 5.92 Å². The van der Waals surface area contributed by atoms with Crippen molar-refractivity contribution < 1.29 is 9.90 Å². The van der Waals surface area contributed by atoms with E-state index in [1.807, 2.05) is 48.5 Å². The summed E-state index contributed by atoms with van der Waals surface area (Å²) in [7, 11) is 2.07. The summed E-state index contributed by atoms with van der Waals surface area (Å²) in [5.41, 5.74) is 2.52. The lowest BCUT2D eigenvalue weighted by molar-refractivity contribution is 0.200. The molecule has 1 atom stereocenters. The minimum Gasteiger partial charge on any atom is -0.465 e. The average Bonchev–Trinajstić information content (AvgIpc) is 2.97. The number of para-hydroxylation sites is 1. The van der Waals surface area contributed by atoms with Gasteiger partial charge >= 0.3 is 6.09 Å². The number of halogens is 1. The molecule has 0 spiro atoms. The molecule has 1 N–H and O–H groups in total. The first-order valence-electron chi connectivity index (χ1n) is 8.08. The SMILES string of the molecule is CN1CC[C@H](CN(C(=O)O)c2ccccc2-c2cccc(Cl)c2)C1. The molecule has 1 saturated heterocycles. The van der Waals surface area contributed by atoms with Gasteiger partial charge in [0.15, 0.2) is 0 Å². The first kappa shape index (κ1) is 16.8. The molecule has 0 aliphatic carbocycles. The predicted octanol–water partition coefficient (Wildman–Crippen LogP) is 4.44. The summed E-state index contributed by atoms with van der Waals surface area (Å²) in [6, 6.07) is 15.1. The van der Waals surface area contributed by atoms with Crippen LogP contribution in [0, 0.1) is 5.92 Å². The highest BCUT2D eigenvalue weighted by Gasteiger charge is 2.26. The first-order valence-corrected chi connectivity index (χ1v) is 8.46. The quantitative estimate of drug-likeness (QED) is 0.891. The Balaban J connectivity index is 1.95. The number of benzene rings is 2. The molecule has 3 rings (SSSR count). The summed E-state index contributed by atoms with van der Waals surface area (Å²) in [5.74, 6) is 0.360. The summed E-state index contributed by atoms with van der Waals surface area (Å²) in [5, 5.41) is 10.4. The fourth-order valence-corrected chi connectivity index (χ4v) is 3.51. The van der Waals surface area contributed by atoms with Gasteiger partial charge in [-0.2, -0.15) is 0 Å². The van der Waals surface area contributed by atoms with Gasteiger partial charge < -0.3 is 10.0 Å². The monoisotopic (exact) mass is 344 g/mol. The maximum Gasteiger partial charge on any atom is 0.411 e. The van der Waals surface area contributed by atoms with Gasteiger partial charge in [-0.25, -0.2) is 4.79 Å². The van der Waals surface area contributed by atoms with Crippen LogP contribution >= 0.6 is 11.6 Å². The van der Waals surface area contributed by atoms with E-state index in [1.54, 1.807) is 0 Å². The molecule has 126 valence electrons. The summed E-state index contributed by atoms with van der Waals surface area (Å²) < 4.78 is 0. The molecule has 2 aromatic rings. The Labute approximate surface area is 147 Å². The van der Waals surface area contributed by atoms with E-state index in [4.69, 9.17) is 11.6 Å². The van der Waals surface area contributed by atoms with Crippen molar-refractivity contribution in [3.05, 3.63) is 53.6 Å². The normalized spacial score (nSPS) is 17.8. The van der Waals surface area contributed by atoms with Crippen LogP contribution in [0.4, 0.5) is 10.5 Å². The lowest BCUT2D eigenvalue weighted by Gasteiger charge is -2.25. The van der Waals surface area contributed by atoms with Crippen LogP contribution in [0.25, 0.3) is 11.1 Å². The average molecular weight is 345 g/mol. The van der Waals surface area contributed by atoms with Crippen molar-refractivity contribution in [2.45, 2.75) is 6.42 Å². The number of hydrogen-bond donors (Lipinski definition) is 1. The van der Waals surface area contributed by atoms with Gasteiger partial charge in [-0.1, -0.05) is 41.9 Å². The molecular weight excluding hydrogens is 324 g/mol. The van der Waals surface area contributed by atoms with Gasteiger partial charge in [-0.05, 0) is 49.7 Å². The molecule has 0 saturated carbocycles. The molecule has 1 heterocycles. The van der Waals surface area contributed by atoms with E-state index in [2.05, 4.69) is 11.9 Å². The minimum atomic E-state index is -0.918. The van der Waals surface area contributed by atoms with E-state index in [0.717, 1.165) is 30.6 Å². The Morgan fingerprint density at radius 1 is 1.29 bits per heavy atom. The molecule has 5 heteroatoms. The Morgan fingerprint density at radius 3 is 2.75 bits per heavy atom. The molecule has 1 amide bonds. The first-order chi connectivity index (χ1) is 11.5. The second kappa shape index (κ2) is 7.24. The Bertz CT molecular complexity index is 735. The fraction of sp³-hybridized carbons (Fsp3) is 0.316. The number of anilines is 1. The van der Waals surface area contributed by atoms with E-state index >= 15 is 0 Å². The number of likely N-dealkylation sites (tertiary alicyclic amines) is 1. The van der Waals surface area contributed by atoms with Crippen LogP contribution in [0.5, 0.6) is 0 Å². The van der Waals surface area contributed by atoms with E-state index in [-0.39, 0.29) is 0 Å². The van der Waals surface area contributed by atoms with Gasteiger partial charge in [-0.15, -0.1) is 0 Å². The zero-order valence-corrected chi connectivity index (χ0v) is 14.4. The molecule has 2 aromatic carbocycles. The van der Waals surface area contributed by atoms with Crippen LogP contribution in [-0.4, -0.2) is 42.8 Å². The summed E-state index contributed by atoms with van der Waals surface area (Å²) in [4.78, 5) is 15.6. The molecule has 1 aliphatic heterocycles. The van der Waals surface area contributed by atoms with Crippen molar-refractivity contribution in [3.8, 4) is 11.1 Å². The predicted molar refractivity (Wildman–Crippen MR) is 97.9 cm³/mol. The summed E-state index contributed by atoms with van der Waals surface area (Å²) in [6.07, 6.45) is 0.110. The van der Waals surface area contributed by atoms with Crippen LogP contribution in [0.15, 0.2) is 48.5 Å². The Hall–Kier alpha value is -2.04. The third kappa shape index (κ3) is 3.71.